The van der Waals surface area contributed by atoms with Crippen molar-refractivity contribution in [2.24, 2.45) is 5.73 Å². The molecule has 1 fully saturated rings. The van der Waals surface area contributed by atoms with Crippen molar-refractivity contribution >= 4 is 17.8 Å². The van der Waals surface area contributed by atoms with Gasteiger partial charge in [-0.2, -0.15) is 28.1 Å². The zero-order valence-electron chi connectivity index (χ0n) is 19.9. The van der Waals surface area contributed by atoms with Gasteiger partial charge in [0, 0.05) is 18.5 Å². The van der Waals surface area contributed by atoms with Crippen LogP contribution in [0.15, 0.2) is 24.3 Å². The maximum Gasteiger partial charge on any atom is 0.422 e. The number of aromatic nitrogens is 3. The molecular weight excluding hydrogens is 481 g/mol. The molecule has 1 aromatic heterocycles. The first-order valence-corrected chi connectivity index (χ1v) is 11.6. The van der Waals surface area contributed by atoms with Crippen molar-refractivity contribution in [3.63, 3.8) is 0 Å². The Kier molecular flexibility index (Phi) is 9.02. The lowest BCUT2D eigenvalue weighted by atomic mass is 10.1. The molecule has 10 nitrogen and oxygen atoms in total. The lowest BCUT2D eigenvalue weighted by Gasteiger charge is -2.17. The molecule has 196 valence electrons. The topological polar surface area (TPSA) is 141 Å². The highest BCUT2D eigenvalue weighted by Gasteiger charge is 2.52. The van der Waals surface area contributed by atoms with Crippen molar-refractivity contribution in [1.82, 2.24) is 20.3 Å². The number of carbonyl (C=O) groups excluding carboxylic acids is 2. The number of unbranched alkanes of at least 4 members (excludes halogenated alkanes) is 1. The SMILES string of the molecule is CCOC(=O)C1(Nc2nc(Cc3ccc(C(=O)NCCCCN)cc3)nc(OCC(F)(F)F)n2)CC1. The summed E-state index contributed by atoms with van der Waals surface area (Å²) >= 11 is 0. The molecule has 1 aliphatic rings. The number of hydrogen-bond donors (Lipinski definition) is 3. The van der Waals surface area contributed by atoms with Crippen molar-refractivity contribution in [2.75, 3.05) is 31.6 Å². The molecule has 0 radical (unpaired) electrons. The van der Waals surface area contributed by atoms with Gasteiger partial charge in [-0.25, -0.2) is 4.79 Å². The fourth-order valence-corrected chi connectivity index (χ4v) is 3.26. The number of nitrogens with two attached hydrogens (primary N) is 1. The molecule has 0 spiro atoms. The van der Waals surface area contributed by atoms with Gasteiger partial charge in [0.2, 0.25) is 5.95 Å². The third kappa shape index (κ3) is 8.04. The van der Waals surface area contributed by atoms with Crippen molar-refractivity contribution in [3.8, 4) is 6.01 Å². The molecule has 2 aromatic rings. The molecule has 0 aliphatic heterocycles. The van der Waals surface area contributed by atoms with Crippen LogP contribution in [0.3, 0.4) is 0 Å². The summed E-state index contributed by atoms with van der Waals surface area (Å²) in [6, 6.07) is 6.14. The van der Waals surface area contributed by atoms with Crippen molar-refractivity contribution in [2.45, 2.75) is 50.7 Å². The number of nitrogens with zero attached hydrogens (tertiary/aromatic N) is 3. The highest BCUT2D eigenvalue weighted by molar-refractivity contribution is 5.94. The minimum atomic E-state index is -4.58. The van der Waals surface area contributed by atoms with E-state index in [0.717, 1.165) is 12.8 Å². The third-order valence-electron chi connectivity index (χ3n) is 5.29. The van der Waals surface area contributed by atoms with Crippen LogP contribution in [0.25, 0.3) is 0 Å². The Morgan fingerprint density at radius 2 is 1.83 bits per heavy atom. The van der Waals surface area contributed by atoms with Crippen molar-refractivity contribution in [1.29, 1.82) is 0 Å². The molecule has 1 saturated carbocycles. The van der Waals surface area contributed by atoms with E-state index in [1.807, 2.05) is 0 Å². The largest absolute Gasteiger partial charge is 0.464 e. The summed E-state index contributed by atoms with van der Waals surface area (Å²) in [5, 5.41) is 5.68. The number of esters is 1. The maximum absolute atomic E-state index is 12.7. The number of amides is 1. The van der Waals surface area contributed by atoms with Gasteiger partial charge in [0.1, 0.15) is 11.4 Å². The summed E-state index contributed by atoms with van der Waals surface area (Å²) in [6.45, 7) is 1.37. The molecule has 4 N–H and O–H groups in total. The minimum absolute atomic E-state index is 0.0868. The standard InChI is InChI=1S/C23H29F3N6O4/c1-2-35-19(34)22(9-10-22)32-20-29-17(30-21(31-20)36-14-23(24,25)26)13-15-5-7-16(8-6-15)18(33)28-12-4-3-11-27/h5-8H,2-4,9-14,27H2,1H3,(H,28,33)(H,29,30,31,32). The number of benzene rings is 1. The molecule has 1 amide bonds. The first kappa shape index (κ1) is 27.1. The number of ether oxygens (including phenoxy) is 2. The van der Waals surface area contributed by atoms with Gasteiger partial charge in [0.25, 0.3) is 5.91 Å². The van der Waals surface area contributed by atoms with Crippen LogP contribution in [-0.2, 0) is 16.0 Å². The zero-order chi connectivity index (χ0) is 26.2. The molecule has 0 unspecified atom stereocenters. The predicted molar refractivity (Wildman–Crippen MR) is 123 cm³/mol. The molecule has 3 rings (SSSR count). The number of rotatable bonds is 13. The van der Waals surface area contributed by atoms with Crippen LogP contribution in [0.5, 0.6) is 6.01 Å². The molecule has 0 atom stereocenters. The number of carbonyl (C=O) groups is 2. The number of alkyl halides is 3. The van der Waals surface area contributed by atoms with Crippen molar-refractivity contribution in [3.05, 3.63) is 41.2 Å². The Bertz CT molecular complexity index is 1050. The van der Waals surface area contributed by atoms with Crippen LogP contribution in [0.4, 0.5) is 19.1 Å². The first-order valence-electron chi connectivity index (χ1n) is 11.6. The summed E-state index contributed by atoms with van der Waals surface area (Å²) in [7, 11) is 0. The van der Waals surface area contributed by atoms with E-state index < -0.39 is 30.3 Å². The van der Waals surface area contributed by atoms with Gasteiger partial charge in [-0.3, -0.25) is 4.79 Å². The van der Waals surface area contributed by atoms with Crippen LogP contribution < -0.4 is 21.1 Å². The monoisotopic (exact) mass is 510 g/mol. The highest BCUT2D eigenvalue weighted by atomic mass is 19.4. The van der Waals surface area contributed by atoms with Gasteiger partial charge in [-0.05, 0) is 56.8 Å². The predicted octanol–water partition coefficient (Wildman–Crippen LogP) is 2.38. The van der Waals surface area contributed by atoms with E-state index in [0.29, 0.717) is 37.1 Å². The zero-order valence-corrected chi connectivity index (χ0v) is 19.9. The number of nitrogens with one attached hydrogen (secondary N) is 2. The van der Waals surface area contributed by atoms with E-state index in [1.54, 1.807) is 31.2 Å². The van der Waals surface area contributed by atoms with Gasteiger partial charge >= 0.3 is 18.2 Å². The normalized spacial score (nSPS) is 14.1. The maximum atomic E-state index is 12.7. The lowest BCUT2D eigenvalue weighted by Crippen LogP contribution is -2.34. The summed E-state index contributed by atoms with van der Waals surface area (Å²) in [6.07, 6.45) is -1.90. The molecule has 1 aliphatic carbocycles. The molecule has 1 aromatic carbocycles. The molecule has 1 heterocycles. The first-order chi connectivity index (χ1) is 17.1. The third-order valence-corrected chi connectivity index (χ3v) is 5.29. The molecule has 36 heavy (non-hydrogen) atoms. The average Bonchev–Trinajstić information content (AvgIpc) is 3.61. The Morgan fingerprint density at radius 3 is 2.44 bits per heavy atom. The van der Waals surface area contributed by atoms with E-state index in [2.05, 4.69) is 25.6 Å². The summed E-state index contributed by atoms with van der Waals surface area (Å²) in [5.41, 5.74) is 5.59. The van der Waals surface area contributed by atoms with E-state index >= 15 is 0 Å². The van der Waals surface area contributed by atoms with Crippen LogP contribution >= 0.6 is 0 Å². The number of hydrogen-bond acceptors (Lipinski definition) is 9. The smallest absolute Gasteiger partial charge is 0.422 e. The van der Waals surface area contributed by atoms with E-state index in [9.17, 15) is 22.8 Å². The number of halogens is 3. The van der Waals surface area contributed by atoms with Crippen molar-refractivity contribution < 1.29 is 32.2 Å². The second-order valence-electron chi connectivity index (χ2n) is 8.31. The number of anilines is 1. The lowest BCUT2D eigenvalue weighted by molar-refractivity contribution is -0.154. The van der Waals surface area contributed by atoms with E-state index in [1.165, 1.54) is 0 Å². The van der Waals surface area contributed by atoms with Gasteiger partial charge in [-0.15, -0.1) is 0 Å². The van der Waals surface area contributed by atoms with Gasteiger partial charge < -0.3 is 25.8 Å². The fraction of sp³-hybridized carbons (Fsp3) is 0.522. The summed E-state index contributed by atoms with van der Waals surface area (Å²) < 4.78 is 47.8. The van der Waals surface area contributed by atoms with Crippen LogP contribution in [0.1, 0.15) is 54.4 Å². The van der Waals surface area contributed by atoms with Gasteiger partial charge in [-0.1, -0.05) is 12.1 Å². The summed E-state index contributed by atoms with van der Waals surface area (Å²) in [5.74, 6) is -0.664. The Morgan fingerprint density at radius 1 is 1.11 bits per heavy atom. The van der Waals surface area contributed by atoms with E-state index in [4.69, 9.17) is 15.2 Å². The Labute approximate surface area is 206 Å². The Balaban J connectivity index is 1.73. The molecule has 0 bridgehead atoms. The van der Waals surface area contributed by atoms with Crippen LogP contribution in [0, 0.1) is 0 Å². The summed E-state index contributed by atoms with van der Waals surface area (Å²) in [4.78, 5) is 36.6. The Hall–Kier alpha value is -3.48. The van der Waals surface area contributed by atoms with Gasteiger partial charge in [0.05, 0.1) is 6.61 Å². The minimum Gasteiger partial charge on any atom is -0.464 e. The molecule has 0 saturated heterocycles. The quantitative estimate of drug-likeness (QED) is 0.274. The average molecular weight is 511 g/mol. The fourth-order valence-electron chi connectivity index (χ4n) is 3.26. The second kappa shape index (κ2) is 12.0. The van der Waals surface area contributed by atoms with Crippen LogP contribution in [-0.4, -0.2) is 64.8 Å². The van der Waals surface area contributed by atoms with E-state index in [-0.39, 0.29) is 30.7 Å². The van der Waals surface area contributed by atoms with Crippen LogP contribution in [0.2, 0.25) is 0 Å². The highest BCUT2D eigenvalue weighted by Crippen LogP contribution is 2.39. The molecular formula is C23H29F3N6O4. The van der Waals surface area contributed by atoms with Gasteiger partial charge in [0.15, 0.2) is 6.61 Å². The second-order valence-corrected chi connectivity index (χ2v) is 8.31. The molecule has 13 heteroatoms.